The summed E-state index contributed by atoms with van der Waals surface area (Å²) in [5.74, 6) is 0.554. The molecule has 0 unspecified atom stereocenters. The minimum atomic E-state index is -0.0431. The average Bonchev–Trinajstić information content (AvgIpc) is 2.73. The first kappa shape index (κ1) is 11.3. The number of nitrogens with zero attached hydrogens (tertiary/aromatic N) is 1. The Bertz CT molecular complexity index is 694. The van der Waals surface area contributed by atoms with Crippen LogP contribution in [0.2, 0.25) is 5.02 Å². The standard InChI is InChI=1S/C13H7ClNO2S/c14-8-1-6-12-11(7-8)15-13(18-12)17-10-4-2-9(16)3-5-10/h1-7H. The second kappa shape index (κ2) is 4.48. The summed E-state index contributed by atoms with van der Waals surface area (Å²) in [5.41, 5.74) is 0.808. The summed E-state index contributed by atoms with van der Waals surface area (Å²) in [6.07, 6.45) is 0. The van der Waals surface area contributed by atoms with Crippen molar-refractivity contribution in [2.45, 2.75) is 0 Å². The molecule has 3 nitrogen and oxygen atoms in total. The van der Waals surface area contributed by atoms with Gasteiger partial charge in [0.2, 0.25) is 0 Å². The van der Waals surface area contributed by atoms with Gasteiger partial charge in [-0.2, -0.15) is 0 Å². The normalized spacial score (nSPS) is 10.7. The van der Waals surface area contributed by atoms with Crippen LogP contribution in [0, 0.1) is 0 Å². The van der Waals surface area contributed by atoms with E-state index in [0.717, 1.165) is 10.2 Å². The first-order valence-corrected chi connectivity index (χ1v) is 6.41. The molecular formula is C13H7ClNO2S. The molecule has 0 saturated carbocycles. The number of hydrogen-bond acceptors (Lipinski definition) is 3. The number of fused-ring (bicyclic) bond motifs is 1. The quantitative estimate of drug-likeness (QED) is 0.669. The molecule has 0 amide bonds. The van der Waals surface area contributed by atoms with Gasteiger partial charge in [0.05, 0.1) is 10.2 Å². The summed E-state index contributed by atoms with van der Waals surface area (Å²) in [4.78, 5) is 4.32. The lowest BCUT2D eigenvalue weighted by molar-refractivity contribution is 0.354. The van der Waals surface area contributed by atoms with Crippen molar-refractivity contribution >= 4 is 33.2 Å². The fraction of sp³-hybridized carbons (Fsp3) is 0. The first-order valence-electron chi connectivity index (χ1n) is 5.22. The van der Waals surface area contributed by atoms with Crippen LogP contribution < -0.4 is 4.74 Å². The van der Waals surface area contributed by atoms with Crippen LogP contribution >= 0.6 is 22.9 Å². The Labute approximate surface area is 112 Å². The second-order valence-electron chi connectivity index (χ2n) is 3.67. The number of benzene rings is 2. The predicted molar refractivity (Wildman–Crippen MR) is 71.3 cm³/mol. The molecule has 18 heavy (non-hydrogen) atoms. The van der Waals surface area contributed by atoms with E-state index in [-0.39, 0.29) is 5.75 Å². The lowest BCUT2D eigenvalue weighted by Gasteiger charge is -1.99. The Morgan fingerprint density at radius 1 is 1.11 bits per heavy atom. The van der Waals surface area contributed by atoms with Crippen molar-refractivity contribution in [3.63, 3.8) is 0 Å². The van der Waals surface area contributed by atoms with Crippen molar-refractivity contribution in [1.29, 1.82) is 0 Å². The van der Waals surface area contributed by atoms with Gasteiger partial charge in [-0.1, -0.05) is 22.9 Å². The first-order chi connectivity index (χ1) is 8.70. The molecule has 2 aromatic carbocycles. The molecule has 0 N–H and O–H groups in total. The molecule has 89 valence electrons. The van der Waals surface area contributed by atoms with Gasteiger partial charge >= 0.3 is 0 Å². The second-order valence-corrected chi connectivity index (χ2v) is 5.09. The Morgan fingerprint density at radius 2 is 1.89 bits per heavy atom. The molecule has 1 aromatic heterocycles. The van der Waals surface area contributed by atoms with Crippen LogP contribution in [0.25, 0.3) is 10.2 Å². The third-order valence-corrected chi connectivity index (χ3v) is 3.51. The van der Waals surface area contributed by atoms with Gasteiger partial charge in [-0.05, 0) is 42.5 Å². The molecule has 0 aliphatic rings. The molecule has 5 heteroatoms. The summed E-state index contributed by atoms with van der Waals surface area (Å²) in [5, 5.41) is 12.2. The van der Waals surface area contributed by atoms with E-state index in [0.29, 0.717) is 16.0 Å². The summed E-state index contributed by atoms with van der Waals surface area (Å²) < 4.78 is 6.59. The van der Waals surface area contributed by atoms with Gasteiger partial charge in [0, 0.05) is 5.02 Å². The number of thiazole rings is 1. The number of aromatic nitrogens is 1. The molecule has 0 atom stereocenters. The average molecular weight is 277 g/mol. The van der Waals surface area contributed by atoms with Crippen molar-refractivity contribution in [2.75, 3.05) is 0 Å². The fourth-order valence-corrected chi connectivity index (χ4v) is 2.51. The lowest BCUT2D eigenvalue weighted by atomic mass is 10.3. The maximum absolute atomic E-state index is 11.0. The van der Waals surface area contributed by atoms with E-state index in [1.807, 2.05) is 12.1 Å². The van der Waals surface area contributed by atoms with Crippen LogP contribution in [-0.4, -0.2) is 4.98 Å². The topological polar surface area (TPSA) is 42.0 Å². The van der Waals surface area contributed by atoms with Gasteiger partial charge in [0.25, 0.3) is 5.19 Å². The zero-order valence-electron chi connectivity index (χ0n) is 9.09. The van der Waals surface area contributed by atoms with Crippen LogP contribution in [0.5, 0.6) is 16.7 Å². The zero-order valence-corrected chi connectivity index (χ0v) is 10.7. The number of ether oxygens (including phenoxy) is 1. The van der Waals surface area contributed by atoms with E-state index in [1.165, 1.54) is 23.5 Å². The van der Waals surface area contributed by atoms with Crippen molar-refractivity contribution in [1.82, 2.24) is 4.98 Å². The molecule has 0 saturated heterocycles. The lowest BCUT2D eigenvalue weighted by Crippen LogP contribution is -1.81. The molecule has 1 radical (unpaired) electrons. The summed E-state index contributed by atoms with van der Waals surface area (Å²) in [6.45, 7) is 0. The molecule has 0 spiro atoms. The summed E-state index contributed by atoms with van der Waals surface area (Å²) >= 11 is 7.33. The molecule has 3 rings (SSSR count). The van der Waals surface area contributed by atoms with Gasteiger partial charge in [0.15, 0.2) is 5.75 Å². The highest BCUT2D eigenvalue weighted by molar-refractivity contribution is 7.20. The molecule has 3 aromatic rings. The molecule has 0 fully saturated rings. The van der Waals surface area contributed by atoms with Crippen LogP contribution in [0.3, 0.4) is 0 Å². The Morgan fingerprint density at radius 3 is 2.67 bits per heavy atom. The van der Waals surface area contributed by atoms with Crippen LogP contribution in [0.15, 0.2) is 42.5 Å². The molecule has 0 aliphatic carbocycles. The predicted octanol–water partition coefficient (Wildman–Crippen LogP) is 4.89. The number of hydrogen-bond donors (Lipinski definition) is 0. The third-order valence-electron chi connectivity index (χ3n) is 2.36. The highest BCUT2D eigenvalue weighted by Crippen LogP contribution is 2.32. The minimum Gasteiger partial charge on any atom is -0.431 e. The van der Waals surface area contributed by atoms with Crippen LogP contribution in [0.4, 0.5) is 0 Å². The van der Waals surface area contributed by atoms with Crippen LogP contribution in [-0.2, 0) is 5.11 Å². The SMILES string of the molecule is [O]c1ccc(Oc2nc3cc(Cl)ccc3s2)cc1. The van der Waals surface area contributed by atoms with Crippen molar-refractivity contribution in [3.8, 4) is 16.7 Å². The minimum absolute atomic E-state index is 0.0431. The number of rotatable bonds is 2. The summed E-state index contributed by atoms with van der Waals surface area (Å²) in [6, 6.07) is 11.7. The Kier molecular flexibility index (Phi) is 2.81. The van der Waals surface area contributed by atoms with E-state index in [1.54, 1.807) is 18.2 Å². The van der Waals surface area contributed by atoms with E-state index in [4.69, 9.17) is 16.3 Å². The van der Waals surface area contributed by atoms with Gasteiger partial charge in [-0.25, -0.2) is 4.98 Å². The smallest absolute Gasteiger partial charge is 0.279 e. The Hall–Kier alpha value is -1.78. The monoisotopic (exact) mass is 276 g/mol. The maximum atomic E-state index is 11.0. The van der Waals surface area contributed by atoms with Crippen molar-refractivity contribution in [2.24, 2.45) is 0 Å². The van der Waals surface area contributed by atoms with E-state index in [2.05, 4.69) is 4.98 Å². The molecule has 0 aliphatic heterocycles. The highest BCUT2D eigenvalue weighted by Gasteiger charge is 2.06. The van der Waals surface area contributed by atoms with Gasteiger partial charge in [-0.15, -0.1) is 0 Å². The molecule has 0 bridgehead atoms. The van der Waals surface area contributed by atoms with Gasteiger partial charge < -0.3 is 4.74 Å². The third kappa shape index (κ3) is 2.25. The number of halogens is 1. The van der Waals surface area contributed by atoms with Gasteiger partial charge in [-0.3, -0.25) is 5.11 Å². The summed E-state index contributed by atoms with van der Waals surface area (Å²) in [7, 11) is 0. The van der Waals surface area contributed by atoms with Gasteiger partial charge in [0.1, 0.15) is 5.75 Å². The Balaban J connectivity index is 1.92. The van der Waals surface area contributed by atoms with Crippen molar-refractivity contribution < 1.29 is 9.84 Å². The largest absolute Gasteiger partial charge is 0.431 e. The molecule has 1 heterocycles. The fourth-order valence-electron chi connectivity index (χ4n) is 1.53. The van der Waals surface area contributed by atoms with Crippen molar-refractivity contribution in [3.05, 3.63) is 47.5 Å². The van der Waals surface area contributed by atoms with Crippen LogP contribution in [0.1, 0.15) is 0 Å². The van der Waals surface area contributed by atoms with E-state index < -0.39 is 0 Å². The molecular weight excluding hydrogens is 270 g/mol. The zero-order chi connectivity index (χ0) is 12.5. The van der Waals surface area contributed by atoms with E-state index in [9.17, 15) is 5.11 Å². The maximum Gasteiger partial charge on any atom is 0.279 e. The highest BCUT2D eigenvalue weighted by atomic mass is 35.5. The van der Waals surface area contributed by atoms with E-state index >= 15 is 0 Å².